The fraction of sp³-hybridized carbons (Fsp3) is 0.409. The summed E-state index contributed by atoms with van der Waals surface area (Å²) in [4.78, 5) is 12.6. The lowest BCUT2D eigenvalue weighted by atomic mass is 9.98. The zero-order valence-corrected chi connectivity index (χ0v) is 16.1. The molecule has 4 rings (SSSR count). The maximum absolute atomic E-state index is 12.6. The number of epoxide rings is 2. The number of esters is 1. The Kier molecular flexibility index (Phi) is 5.24. The van der Waals surface area contributed by atoms with Gasteiger partial charge in [0.25, 0.3) is 0 Å². The van der Waals surface area contributed by atoms with Crippen molar-refractivity contribution in [1.29, 1.82) is 0 Å². The quantitative estimate of drug-likeness (QED) is 0.488. The first-order valence-electron chi connectivity index (χ1n) is 9.42. The van der Waals surface area contributed by atoms with E-state index >= 15 is 0 Å². The van der Waals surface area contributed by atoms with E-state index < -0.39 is 5.60 Å². The molecule has 0 radical (unpaired) electrons. The molecule has 6 heteroatoms. The number of carbonyl (C=O) groups is 1. The van der Waals surface area contributed by atoms with Gasteiger partial charge in [-0.15, -0.1) is 0 Å². The lowest BCUT2D eigenvalue weighted by Gasteiger charge is -2.26. The van der Waals surface area contributed by atoms with E-state index in [0.29, 0.717) is 24.5 Å². The summed E-state index contributed by atoms with van der Waals surface area (Å²) in [7, 11) is 0. The van der Waals surface area contributed by atoms with Crippen molar-refractivity contribution in [1.82, 2.24) is 0 Å². The van der Waals surface area contributed by atoms with Crippen molar-refractivity contribution in [3.05, 3.63) is 59.7 Å². The fourth-order valence-electron chi connectivity index (χ4n) is 2.70. The Morgan fingerprint density at radius 3 is 1.82 bits per heavy atom. The van der Waals surface area contributed by atoms with Crippen LogP contribution in [0.1, 0.15) is 29.8 Å². The molecule has 2 fully saturated rings. The van der Waals surface area contributed by atoms with Gasteiger partial charge in [0, 0.05) is 0 Å². The van der Waals surface area contributed by atoms with E-state index in [1.165, 1.54) is 0 Å². The van der Waals surface area contributed by atoms with Crippen molar-refractivity contribution >= 4 is 5.97 Å². The zero-order valence-electron chi connectivity index (χ0n) is 16.1. The zero-order chi connectivity index (χ0) is 19.6. The van der Waals surface area contributed by atoms with Crippen molar-refractivity contribution in [3.8, 4) is 11.5 Å². The summed E-state index contributed by atoms with van der Waals surface area (Å²) in [5, 5.41) is 0. The van der Waals surface area contributed by atoms with Crippen LogP contribution in [0.5, 0.6) is 11.5 Å². The topological polar surface area (TPSA) is 69.8 Å². The largest absolute Gasteiger partial charge is 0.491 e. The molecule has 2 aromatic rings. The number of hydrogen-bond acceptors (Lipinski definition) is 6. The van der Waals surface area contributed by atoms with Gasteiger partial charge in [0.05, 0.1) is 18.8 Å². The molecule has 28 heavy (non-hydrogen) atoms. The van der Waals surface area contributed by atoms with Crippen LogP contribution in [-0.2, 0) is 19.8 Å². The van der Waals surface area contributed by atoms with Gasteiger partial charge >= 0.3 is 5.97 Å². The summed E-state index contributed by atoms with van der Waals surface area (Å²) in [5.74, 6) is 1.10. The summed E-state index contributed by atoms with van der Waals surface area (Å²) in [6, 6.07) is 14.5. The van der Waals surface area contributed by atoms with E-state index in [-0.39, 0.29) is 18.2 Å². The molecule has 2 aliphatic heterocycles. The lowest BCUT2D eigenvalue weighted by molar-refractivity contribution is -0.00314. The second kappa shape index (κ2) is 7.81. The second-order valence-corrected chi connectivity index (χ2v) is 7.48. The van der Waals surface area contributed by atoms with Crippen LogP contribution in [-0.4, -0.2) is 44.6 Å². The number of ether oxygens (including phenoxy) is 5. The van der Waals surface area contributed by atoms with E-state index in [1.54, 1.807) is 24.3 Å². The first-order valence-corrected chi connectivity index (χ1v) is 9.42. The van der Waals surface area contributed by atoms with E-state index in [0.717, 1.165) is 24.5 Å². The van der Waals surface area contributed by atoms with Crippen molar-refractivity contribution < 1.29 is 28.5 Å². The summed E-state index contributed by atoms with van der Waals surface area (Å²) < 4.78 is 27.2. The number of hydrogen-bond donors (Lipinski definition) is 0. The van der Waals surface area contributed by atoms with Gasteiger partial charge < -0.3 is 23.7 Å². The molecule has 2 aromatic carbocycles. The molecule has 2 saturated heterocycles. The molecule has 0 aromatic heterocycles. The number of carbonyl (C=O) groups excluding carboxylic acids is 1. The van der Waals surface area contributed by atoms with Gasteiger partial charge in [-0.25, -0.2) is 4.79 Å². The molecule has 6 nitrogen and oxygen atoms in total. The molecule has 2 heterocycles. The van der Waals surface area contributed by atoms with E-state index in [2.05, 4.69) is 0 Å². The maximum atomic E-state index is 12.6. The first kappa shape index (κ1) is 18.8. The highest BCUT2D eigenvalue weighted by Crippen LogP contribution is 2.28. The van der Waals surface area contributed by atoms with Gasteiger partial charge in [-0.1, -0.05) is 12.1 Å². The minimum Gasteiger partial charge on any atom is -0.491 e. The van der Waals surface area contributed by atoms with Crippen LogP contribution < -0.4 is 9.47 Å². The van der Waals surface area contributed by atoms with Gasteiger partial charge in [0.15, 0.2) is 0 Å². The molecular formula is C22H24O6. The van der Waals surface area contributed by atoms with E-state index in [1.807, 2.05) is 38.1 Å². The highest BCUT2D eigenvalue weighted by molar-refractivity contribution is 5.89. The number of benzene rings is 2. The highest BCUT2D eigenvalue weighted by Gasteiger charge is 2.27. The van der Waals surface area contributed by atoms with Gasteiger partial charge in [0.2, 0.25) is 0 Å². The molecule has 2 unspecified atom stereocenters. The molecular weight excluding hydrogens is 360 g/mol. The molecule has 0 N–H and O–H groups in total. The summed E-state index contributed by atoms with van der Waals surface area (Å²) in [5.41, 5.74) is 0.598. The standard InChI is InChI=1S/C22H24O6/c1-22(2,16-5-9-18(10-6-16)25-12-20-14-27-20)28-21(23)15-3-7-17(8-4-15)24-11-19-13-26-19/h3-10,19-20H,11-14H2,1-2H3. The average molecular weight is 384 g/mol. The molecule has 0 spiro atoms. The Labute approximate surface area is 164 Å². The molecule has 2 aliphatic rings. The van der Waals surface area contributed by atoms with Crippen molar-refractivity contribution in [2.24, 2.45) is 0 Å². The first-order chi connectivity index (χ1) is 13.5. The van der Waals surface area contributed by atoms with Crippen LogP contribution in [0.25, 0.3) is 0 Å². The maximum Gasteiger partial charge on any atom is 0.338 e. The van der Waals surface area contributed by atoms with Crippen LogP contribution in [0.3, 0.4) is 0 Å². The summed E-state index contributed by atoms with van der Waals surface area (Å²) in [6.07, 6.45) is 0.417. The Morgan fingerprint density at radius 1 is 0.893 bits per heavy atom. The van der Waals surface area contributed by atoms with Gasteiger partial charge in [-0.3, -0.25) is 0 Å². The third kappa shape index (κ3) is 5.03. The normalized spacial score (nSPS) is 20.4. The van der Waals surface area contributed by atoms with E-state index in [9.17, 15) is 4.79 Å². The Balaban J connectivity index is 1.33. The molecule has 2 atom stereocenters. The summed E-state index contributed by atoms with van der Waals surface area (Å²) in [6.45, 7) is 6.35. The van der Waals surface area contributed by atoms with Crippen LogP contribution in [0, 0.1) is 0 Å². The van der Waals surface area contributed by atoms with Gasteiger partial charge in [-0.2, -0.15) is 0 Å². The molecule has 0 bridgehead atoms. The molecule has 0 aliphatic carbocycles. The number of rotatable bonds is 9. The van der Waals surface area contributed by atoms with Crippen molar-refractivity contribution in [2.45, 2.75) is 31.7 Å². The lowest BCUT2D eigenvalue weighted by Crippen LogP contribution is -2.25. The Hall–Kier alpha value is -2.57. The van der Waals surface area contributed by atoms with Gasteiger partial charge in [0.1, 0.15) is 42.5 Å². The average Bonchev–Trinajstić information content (AvgIpc) is 3.60. The van der Waals surface area contributed by atoms with Crippen LogP contribution in [0.2, 0.25) is 0 Å². The van der Waals surface area contributed by atoms with Crippen LogP contribution in [0.15, 0.2) is 48.5 Å². The Bertz CT molecular complexity index is 804. The predicted octanol–water partition coefficient (Wildman–Crippen LogP) is 3.33. The highest BCUT2D eigenvalue weighted by atomic mass is 16.6. The van der Waals surface area contributed by atoms with Crippen molar-refractivity contribution in [3.63, 3.8) is 0 Å². The molecule has 148 valence electrons. The van der Waals surface area contributed by atoms with Crippen LogP contribution in [0.4, 0.5) is 0 Å². The monoisotopic (exact) mass is 384 g/mol. The minimum atomic E-state index is -0.770. The fourth-order valence-corrected chi connectivity index (χ4v) is 2.70. The third-order valence-corrected chi connectivity index (χ3v) is 4.66. The Morgan fingerprint density at radius 2 is 1.36 bits per heavy atom. The van der Waals surface area contributed by atoms with Crippen LogP contribution >= 0.6 is 0 Å². The SMILES string of the molecule is CC(C)(OC(=O)c1ccc(OCC2CO2)cc1)c1ccc(OCC2CO2)cc1. The molecule has 0 saturated carbocycles. The van der Waals surface area contributed by atoms with E-state index in [4.69, 9.17) is 23.7 Å². The second-order valence-electron chi connectivity index (χ2n) is 7.48. The third-order valence-electron chi connectivity index (χ3n) is 4.66. The smallest absolute Gasteiger partial charge is 0.338 e. The van der Waals surface area contributed by atoms with Crippen molar-refractivity contribution in [2.75, 3.05) is 26.4 Å². The van der Waals surface area contributed by atoms with Gasteiger partial charge in [-0.05, 0) is 55.8 Å². The summed E-state index contributed by atoms with van der Waals surface area (Å²) >= 11 is 0. The minimum absolute atomic E-state index is 0.198. The predicted molar refractivity (Wildman–Crippen MR) is 102 cm³/mol. The molecule has 0 amide bonds.